The number of benzene rings is 2. The molecule has 0 unspecified atom stereocenters. The Hall–Kier alpha value is -2.53. The fourth-order valence-corrected chi connectivity index (χ4v) is 3.28. The van der Waals surface area contributed by atoms with Gasteiger partial charge in [0.05, 0.1) is 0 Å². The van der Waals surface area contributed by atoms with Crippen LogP contribution in [0.5, 0.6) is 0 Å². The number of anilines is 3. The number of fused-ring (bicyclic) bond motifs is 1. The number of nitrogens with zero attached hydrogens (tertiary/aromatic N) is 1. The topological polar surface area (TPSA) is 61.4 Å². The van der Waals surface area contributed by atoms with Gasteiger partial charge in [-0.3, -0.25) is 9.59 Å². The van der Waals surface area contributed by atoms with Crippen molar-refractivity contribution < 1.29 is 9.59 Å². The number of aryl methyl sites for hydroxylation is 1. The molecule has 0 aliphatic carbocycles. The van der Waals surface area contributed by atoms with Crippen LogP contribution in [0.3, 0.4) is 0 Å². The Morgan fingerprint density at radius 2 is 1.96 bits per heavy atom. The van der Waals surface area contributed by atoms with Gasteiger partial charge in [-0.15, -0.1) is 0 Å². The number of halogens is 1. The maximum atomic E-state index is 12.5. The fraction of sp³-hybridized carbons (Fsp3) is 0.300. The van der Waals surface area contributed by atoms with Gasteiger partial charge in [-0.1, -0.05) is 17.7 Å². The molecule has 0 fully saturated rings. The highest BCUT2D eigenvalue weighted by Crippen LogP contribution is 2.30. The molecule has 0 saturated heterocycles. The van der Waals surface area contributed by atoms with E-state index in [0.29, 0.717) is 17.3 Å². The normalized spacial score (nSPS) is 13.9. The third-order valence-corrected chi connectivity index (χ3v) is 4.82. The number of amides is 2. The van der Waals surface area contributed by atoms with E-state index in [2.05, 4.69) is 10.6 Å². The Morgan fingerprint density at radius 1 is 1.19 bits per heavy atom. The molecular formula is C20H22ClN3O2. The molecule has 0 spiro atoms. The molecule has 0 bridgehead atoms. The lowest BCUT2D eigenvalue weighted by Gasteiger charge is -2.18. The SMILES string of the molecule is CC(=O)N1CCc2cc(N[C@H](C)C(=O)Nc3cc(Cl)ccc3C)ccc21. The van der Waals surface area contributed by atoms with Crippen molar-refractivity contribution in [2.75, 3.05) is 22.1 Å². The van der Waals surface area contributed by atoms with Gasteiger partial charge in [0.1, 0.15) is 6.04 Å². The summed E-state index contributed by atoms with van der Waals surface area (Å²) in [5, 5.41) is 6.71. The van der Waals surface area contributed by atoms with E-state index in [0.717, 1.165) is 28.9 Å². The summed E-state index contributed by atoms with van der Waals surface area (Å²) in [5.41, 5.74) is 4.59. The Morgan fingerprint density at radius 3 is 2.69 bits per heavy atom. The summed E-state index contributed by atoms with van der Waals surface area (Å²) in [6.45, 7) is 6.01. The van der Waals surface area contributed by atoms with Crippen LogP contribution in [-0.4, -0.2) is 24.4 Å². The summed E-state index contributed by atoms with van der Waals surface area (Å²) >= 11 is 6.00. The number of carbonyl (C=O) groups is 2. The van der Waals surface area contributed by atoms with E-state index in [4.69, 9.17) is 11.6 Å². The summed E-state index contributed by atoms with van der Waals surface area (Å²) < 4.78 is 0. The quantitative estimate of drug-likeness (QED) is 0.854. The highest BCUT2D eigenvalue weighted by atomic mass is 35.5. The summed E-state index contributed by atoms with van der Waals surface area (Å²) in [6.07, 6.45) is 0.826. The van der Waals surface area contributed by atoms with Gasteiger partial charge in [0.15, 0.2) is 0 Å². The second kappa shape index (κ2) is 7.38. The van der Waals surface area contributed by atoms with Crippen molar-refractivity contribution in [2.45, 2.75) is 33.2 Å². The van der Waals surface area contributed by atoms with Crippen LogP contribution in [0.1, 0.15) is 25.0 Å². The molecule has 3 rings (SSSR count). The van der Waals surface area contributed by atoms with Crippen LogP contribution in [0.2, 0.25) is 5.02 Å². The van der Waals surface area contributed by atoms with Crippen LogP contribution in [0.25, 0.3) is 0 Å². The van der Waals surface area contributed by atoms with Crippen LogP contribution in [0, 0.1) is 6.92 Å². The second-order valence-corrected chi connectivity index (χ2v) is 7.02. The summed E-state index contributed by atoms with van der Waals surface area (Å²) in [7, 11) is 0. The van der Waals surface area contributed by atoms with Gasteiger partial charge in [-0.2, -0.15) is 0 Å². The summed E-state index contributed by atoms with van der Waals surface area (Å²) in [6, 6.07) is 10.8. The van der Waals surface area contributed by atoms with Crippen molar-refractivity contribution >= 4 is 40.5 Å². The molecule has 26 heavy (non-hydrogen) atoms. The predicted molar refractivity (Wildman–Crippen MR) is 106 cm³/mol. The number of rotatable bonds is 4. The highest BCUT2D eigenvalue weighted by molar-refractivity contribution is 6.31. The Labute approximate surface area is 158 Å². The molecule has 2 aromatic carbocycles. The van der Waals surface area contributed by atoms with Crippen molar-refractivity contribution in [3.8, 4) is 0 Å². The molecule has 0 saturated carbocycles. The molecule has 2 amide bonds. The molecule has 0 aromatic heterocycles. The van der Waals surface area contributed by atoms with E-state index in [9.17, 15) is 9.59 Å². The van der Waals surface area contributed by atoms with Gasteiger partial charge in [0.25, 0.3) is 0 Å². The number of hydrogen-bond acceptors (Lipinski definition) is 3. The minimum absolute atomic E-state index is 0.0501. The number of hydrogen-bond donors (Lipinski definition) is 2. The third kappa shape index (κ3) is 3.83. The zero-order chi connectivity index (χ0) is 18.8. The molecule has 1 aliphatic heterocycles. The minimum Gasteiger partial charge on any atom is -0.374 e. The van der Waals surface area contributed by atoms with Gasteiger partial charge in [0, 0.05) is 35.6 Å². The largest absolute Gasteiger partial charge is 0.374 e. The zero-order valence-corrected chi connectivity index (χ0v) is 15.9. The summed E-state index contributed by atoms with van der Waals surface area (Å²) in [5.74, 6) is -0.0877. The molecule has 6 heteroatoms. The van der Waals surface area contributed by atoms with Gasteiger partial charge in [-0.05, 0) is 61.7 Å². The average Bonchev–Trinajstić information content (AvgIpc) is 3.01. The monoisotopic (exact) mass is 371 g/mol. The first kappa shape index (κ1) is 18.3. The van der Waals surface area contributed by atoms with Crippen LogP contribution >= 0.6 is 11.6 Å². The Kier molecular flexibility index (Phi) is 5.18. The van der Waals surface area contributed by atoms with Gasteiger partial charge >= 0.3 is 0 Å². The fourth-order valence-electron chi connectivity index (χ4n) is 3.10. The lowest BCUT2D eigenvalue weighted by Crippen LogP contribution is -2.32. The molecule has 1 aliphatic rings. The zero-order valence-electron chi connectivity index (χ0n) is 15.1. The van der Waals surface area contributed by atoms with Crippen molar-refractivity contribution in [1.82, 2.24) is 0 Å². The van der Waals surface area contributed by atoms with Crippen molar-refractivity contribution in [3.05, 3.63) is 52.5 Å². The lowest BCUT2D eigenvalue weighted by atomic mass is 10.1. The van der Waals surface area contributed by atoms with Crippen LogP contribution in [0.4, 0.5) is 17.1 Å². The van der Waals surface area contributed by atoms with E-state index >= 15 is 0 Å². The Bertz CT molecular complexity index is 866. The minimum atomic E-state index is -0.420. The lowest BCUT2D eigenvalue weighted by molar-refractivity contribution is -0.117. The molecular weight excluding hydrogens is 350 g/mol. The predicted octanol–water partition coefficient (Wildman–Crippen LogP) is 4.00. The first-order chi connectivity index (χ1) is 12.3. The molecule has 2 aromatic rings. The van der Waals surface area contributed by atoms with E-state index in [1.54, 1.807) is 24.0 Å². The first-order valence-electron chi connectivity index (χ1n) is 8.59. The molecule has 2 N–H and O–H groups in total. The number of carbonyl (C=O) groups excluding carboxylic acids is 2. The van der Waals surface area contributed by atoms with Crippen LogP contribution in [-0.2, 0) is 16.0 Å². The standard InChI is InChI=1S/C20H22ClN3O2/c1-12-4-5-16(21)11-18(12)23-20(26)13(2)22-17-6-7-19-15(10-17)8-9-24(19)14(3)25/h4-7,10-11,13,22H,8-9H2,1-3H3,(H,23,26)/t13-/m1/s1. The second-order valence-electron chi connectivity index (χ2n) is 6.58. The van der Waals surface area contributed by atoms with Crippen LogP contribution < -0.4 is 15.5 Å². The Balaban J connectivity index is 1.68. The molecule has 1 heterocycles. The highest BCUT2D eigenvalue weighted by Gasteiger charge is 2.22. The number of nitrogens with one attached hydrogen (secondary N) is 2. The van der Waals surface area contributed by atoms with Crippen molar-refractivity contribution in [2.24, 2.45) is 0 Å². The van der Waals surface area contributed by atoms with Gasteiger partial charge in [0.2, 0.25) is 11.8 Å². The van der Waals surface area contributed by atoms with Crippen molar-refractivity contribution in [1.29, 1.82) is 0 Å². The maximum absolute atomic E-state index is 12.5. The van der Waals surface area contributed by atoms with E-state index < -0.39 is 6.04 Å². The third-order valence-electron chi connectivity index (χ3n) is 4.59. The smallest absolute Gasteiger partial charge is 0.246 e. The maximum Gasteiger partial charge on any atom is 0.246 e. The average molecular weight is 372 g/mol. The van der Waals surface area contributed by atoms with Crippen LogP contribution in [0.15, 0.2) is 36.4 Å². The van der Waals surface area contributed by atoms with E-state index in [-0.39, 0.29) is 11.8 Å². The molecule has 1 atom stereocenters. The summed E-state index contributed by atoms with van der Waals surface area (Å²) in [4.78, 5) is 25.9. The van der Waals surface area contributed by atoms with E-state index in [1.807, 2.05) is 38.1 Å². The molecule has 0 radical (unpaired) electrons. The van der Waals surface area contributed by atoms with Gasteiger partial charge < -0.3 is 15.5 Å². The van der Waals surface area contributed by atoms with E-state index in [1.165, 1.54) is 0 Å². The van der Waals surface area contributed by atoms with Gasteiger partial charge in [-0.25, -0.2) is 0 Å². The first-order valence-corrected chi connectivity index (χ1v) is 8.97. The molecule has 136 valence electrons. The molecule has 5 nitrogen and oxygen atoms in total. The van der Waals surface area contributed by atoms with Crippen molar-refractivity contribution in [3.63, 3.8) is 0 Å².